The summed E-state index contributed by atoms with van der Waals surface area (Å²) in [6.07, 6.45) is 6.15. The third-order valence-electron chi connectivity index (χ3n) is 7.23. The number of nitrogens with zero attached hydrogens (tertiary/aromatic N) is 7. The Morgan fingerprint density at radius 2 is 1.84 bits per heavy atom. The lowest BCUT2D eigenvalue weighted by atomic mass is 9.99. The molecule has 6 rings (SSSR count). The lowest BCUT2D eigenvalue weighted by Gasteiger charge is -2.37. The van der Waals surface area contributed by atoms with E-state index in [4.69, 9.17) is 25.2 Å². The molecule has 4 aliphatic rings. The molecule has 3 fully saturated rings. The molecule has 3 saturated heterocycles. The minimum atomic E-state index is 0.0163. The van der Waals surface area contributed by atoms with E-state index in [9.17, 15) is 0 Å². The average molecular weight is 439 g/mol. The molecule has 2 aromatic heterocycles. The molecule has 0 bridgehead atoms. The van der Waals surface area contributed by atoms with E-state index in [1.807, 2.05) is 0 Å². The van der Waals surface area contributed by atoms with Crippen LogP contribution in [0.3, 0.4) is 0 Å². The summed E-state index contributed by atoms with van der Waals surface area (Å²) >= 11 is 0. The summed E-state index contributed by atoms with van der Waals surface area (Å²) in [6, 6.07) is 0. The maximum atomic E-state index is 5.75. The van der Waals surface area contributed by atoms with Gasteiger partial charge in [0.05, 0.1) is 30.6 Å². The Bertz CT molecular complexity index is 1010. The second kappa shape index (κ2) is 7.50. The number of likely N-dealkylation sites (tertiary alicyclic amines) is 1. The SMILES string of the molecule is CC1OC1N1CCC(C)(N2CCc3c(-c4cnc(N)nc4)nc(N4CCOCC4)nc32)C1. The molecule has 4 aliphatic heterocycles. The van der Waals surface area contributed by atoms with Gasteiger partial charge in [0.1, 0.15) is 12.0 Å². The second-order valence-corrected chi connectivity index (χ2v) is 9.45. The van der Waals surface area contributed by atoms with Crippen LogP contribution in [0, 0.1) is 0 Å². The van der Waals surface area contributed by atoms with E-state index in [2.05, 4.69) is 38.5 Å². The summed E-state index contributed by atoms with van der Waals surface area (Å²) in [7, 11) is 0. The number of ether oxygens (including phenoxy) is 2. The van der Waals surface area contributed by atoms with Gasteiger partial charge >= 0.3 is 0 Å². The van der Waals surface area contributed by atoms with Crippen LogP contribution < -0.4 is 15.5 Å². The quantitative estimate of drug-likeness (QED) is 0.692. The van der Waals surface area contributed by atoms with Crippen molar-refractivity contribution in [3.05, 3.63) is 18.0 Å². The summed E-state index contributed by atoms with van der Waals surface area (Å²) < 4.78 is 11.3. The summed E-state index contributed by atoms with van der Waals surface area (Å²) in [4.78, 5) is 25.7. The highest BCUT2D eigenvalue weighted by molar-refractivity contribution is 5.73. The van der Waals surface area contributed by atoms with E-state index < -0.39 is 0 Å². The van der Waals surface area contributed by atoms with Crippen LogP contribution in [0.2, 0.25) is 0 Å². The molecule has 10 heteroatoms. The summed E-state index contributed by atoms with van der Waals surface area (Å²) in [6.45, 7) is 10.4. The molecule has 6 heterocycles. The Morgan fingerprint density at radius 3 is 2.56 bits per heavy atom. The Kier molecular flexibility index (Phi) is 4.70. The third kappa shape index (κ3) is 3.37. The highest BCUT2D eigenvalue weighted by atomic mass is 16.6. The smallest absolute Gasteiger partial charge is 0.228 e. The zero-order valence-electron chi connectivity index (χ0n) is 18.7. The molecular weight excluding hydrogens is 408 g/mol. The van der Waals surface area contributed by atoms with Crippen molar-refractivity contribution in [3.63, 3.8) is 0 Å². The Hall–Kier alpha value is -2.56. The van der Waals surface area contributed by atoms with Crippen LogP contribution in [-0.4, -0.2) is 88.6 Å². The van der Waals surface area contributed by atoms with Gasteiger partial charge in [-0.05, 0) is 26.7 Å². The van der Waals surface area contributed by atoms with Gasteiger partial charge in [-0.2, -0.15) is 4.98 Å². The van der Waals surface area contributed by atoms with Gasteiger partial charge in [-0.3, -0.25) is 4.90 Å². The second-order valence-electron chi connectivity index (χ2n) is 9.45. The molecule has 0 aromatic carbocycles. The maximum Gasteiger partial charge on any atom is 0.228 e. The minimum absolute atomic E-state index is 0.0163. The fourth-order valence-corrected chi connectivity index (χ4v) is 5.35. The molecule has 2 N–H and O–H groups in total. The number of aromatic nitrogens is 4. The van der Waals surface area contributed by atoms with Crippen molar-refractivity contribution >= 4 is 17.7 Å². The van der Waals surface area contributed by atoms with Crippen LogP contribution in [-0.2, 0) is 15.9 Å². The van der Waals surface area contributed by atoms with Crippen molar-refractivity contribution in [3.8, 4) is 11.3 Å². The summed E-state index contributed by atoms with van der Waals surface area (Å²) in [5.74, 6) is 2.07. The van der Waals surface area contributed by atoms with Gasteiger partial charge in [0.15, 0.2) is 0 Å². The first-order valence-electron chi connectivity index (χ1n) is 11.5. The van der Waals surface area contributed by atoms with E-state index in [0.717, 1.165) is 68.6 Å². The fraction of sp³-hybridized carbons (Fsp3) is 0.636. The maximum absolute atomic E-state index is 5.75. The normalized spacial score (nSPS) is 30.1. The molecule has 2 aromatic rings. The van der Waals surface area contributed by atoms with Gasteiger partial charge in [0, 0.05) is 56.2 Å². The zero-order valence-corrected chi connectivity index (χ0v) is 18.7. The summed E-state index contributed by atoms with van der Waals surface area (Å²) in [5.41, 5.74) is 8.72. The van der Waals surface area contributed by atoms with E-state index in [1.54, 1.807) is 12.4 Å². The van der Waals surface area contributed by atoms with Crippen LogP contribution in [0.1, 0.15) is 25.8 Å². The fourth-order valence-electron chi connectivity index (χ4n) is 5.35. The van der Waals surface area contributed by atoms with Crippen molar-refractivity contribution in [2.24, 2.45) is 0 Å². The van der Waals surface area contributed by atoms with E-state index in [0.29, 0.717) is 19.3 Å². The third-order valence-corrected chi connectivity index (χ3v) is 7.23. The van der Waals surface area contributed by atoms with Crippen molar-refractivity contribution in [1.82, 2.24) is 24.8 Å². The van der Waals surface area contributed by atoms with Crippen LogP contribution in [0.4, 0.5) is 17.7 Å². The van der Waals surface area contributed by atoms with Gasteiger partial charge in [-0.1, -0.05) is 0 Å². The van der Waals surface area contributed by atoms with Gasteiger partial charge in [-0.25, -0.2) is 15.0 Å². The molecule has 10 nitrogen and oxygen atoms in total. The first kappa shape index (κ1) is 20.1. The first-order valence-corrected chi connectivity index (χ1v) is 11.5. The van der Waals surface area contributed by atoms with Crippen molar-refractivity contribution in [1.29, 1.82) is 0 Å². The number of nitrogen functional groups attached to an aromatic ring is 1. The molecule has 0 spiro atoms. The average Bonchev–Trinajstić information content (AvgIpc) is 3.20. The van der Waals surface area contributed by atoms with Crippen LogP contribution in [0.5, 0.6) is 0 Å². The van der Waals surface area contributed by atoms with Crippen molar-refractivity contribution in [2.45, 2.75) is 44.6 Å². The van der Waals surface area contributed by atoms with Crippen molar-refractivity contribution < 1.29 is 9.47 Å². The standard InChI is InChI=1S/C22H30N8O2/c1-14-19(32-14)29-6-4-22(2,13-29)30-5-3-16-17(15-11-24-20(23)25-12-15)26-21(27-18(16)30)28-7-9-31-10-8-28/h11-12,14,19H,3-10,13H2,1-2H3,(H2,23,24,25). The number of hydrogen-bond acceptors (Lipinski definition) is 10. The first-order chi connectivity index (χ1) is 15.5. The monoisotopic (exact) mass is 438 g/mol. The topological polar surface area (TPSA) is 109 Å². The zero-order chi connectivity index (χ0) is 21.9. The molecule has 0 radical (unpaired) electrons. The predicted octanol–water partition coefficient (Wildman–Crippen LogP) is 0.924. The number of nitrogens with two attached hydrogens (primary N) is 1. The van der Waals surface area contributed by atoms with Gasteiger partial charge in [0.25, 0.3) is 0 Å². The summed E-state index contributed by atoms with van der Waals surface area (Å²) in [5, 5.41) is 0. The molecule has 0 saturated carbocycles. The van der Waals surface area contributed by atoms with Gasteiger partial charge in [0.2, 0.25) is 11.9 Å². The highest BCUT2D eigenvalue weighted by Crippen LogP contribution is 2.43. The molecule has 0 aliphatic carbocycles. The number of hydrogen-bond donors (Lipinski definition) is 1. The van der Waals surface area contributed by atoms with Gasteiger partial charge < -0.3 is 25.0 Å². The lowest BCUT2D eigenvalue weighted by Crippen LogP contribution is -2.48. The highest BCUT2D eigenvalue weighted by Gasteiger charge is 2.49. The number of morpholine rings is 1. The lowest BCUT2D eigenvalue weighted by molar-refractivity contribution is 0.122. The minimum Gasteiger partial charge on any atom is -0.378 e. The molecular formula is C22H30N8O2. The van der Waals surface area contributed by atoms with Crippen LogP contribution >= 0.6 is 0 Å². The molecule has 3 unspecified atom stereocenters. The Morgan fingerprint density at radius 1 is 1.09 bits per heavy atom. The van der Waals surface area contributed by atoms with Crippen LogP contribution in [0.15, 0.2) is 12.4 Å². The van der Waals surface area contributed by atoms with E-state index in [-0.39, 0.29) is 17.7 Å². The Labute approximate surface area is 187 Å². The van der Waals surface area contributed by atoms with E-state index in [1.165, 1.54) is 5.56 Å². The van der Waals surface area contributed by atoms with Gasteiger partial charge in [-0.15, -0.1) is 0 Å². The predicted molar refractivity (Wildman–Crippen MR) is 120 cm³/mol. The molecule has 170 valence electrons. The number of fused-ring (bicyclic) bond motifs is 1. The van der Waals surface area contributed by atoms with Crippen LogP contribution in [0.25, 0.3) is 11.3 Å². The number of epoxide rings is 1. The number of anilines is 3. The van der Waals surface area contributed by atoms with Crippen molar-refractivity contribution in [2.75, 3.05) is 61.5 Å². The Balaban J connectivity index is 1.39. The molecule has 3 atom stereocenters. The molecule has 32 heavy (non-hydrogen) atoms. The number of rotatable bonds is 4. The largest absolute Gasteiger partial charge is 0.378 e. The van der Waals surface area contributed by atoms with E-state index >= 15 is 0 Å². The molecule has 0 amide bonds.